The van der Waals surface area contributed by atoms with Crippen molar-refractivity contribution in [3.05, 3.63) is 59.1 Å². The van der Waals surface area contributed by atoms with E-state index >= 15 is 0 Å². The van der Waals surface area contributed by atoms with Crippen LogP contribution in [0.1, 0.15) is 18.6 Å². The van der Waals surface area contributed by atoms with Gasteiger partial charge in [-0.25, -0.2) is 0 Å². The third-order valence-electron chi connectivity index (χ3n) is 4.06. The fraction of sp³-hybridized carbons (Fsp3) is 0.263. The van der Waals surface area contributed by atoms with Crippen molar-refractivity contribution >= 4 is 36.1 Å². The van der Waals surface area contributed by atoms with Crippen LogP contribution in [0.3, 0.4) is 0 Å². The number of likely N-dealkylation sites (N-methyl/N-ethyl adjacent to an activating group) is 1. The second-order valence-corrected chi connectivity index (χ2v) is 6.80. The average molecular weight is 388 g/mol. The summed E-state index contributed by atoms with van der Waals surface area (Å²) in [6, 6.07) is 14.4. The van der Waals surface area contributed by atoms with Crippen LogP contribution in [0, 0.1) is 0 Å². The Balaban J connectivity index is 1.69. The van der Waals surface area contributed by atoms with E-state index in [-0.39, 0.29) is 19.2 Å². The zero-order valence-corrected chi connectivity index (χ0v) is 15.8. The van der Waals surface area contributed by atoms with Crippen molar-refractivity contribution in [2.45, 2.75) is 13.0 Å². The van der Waals surface area contributed by atoms with Crippen molar-refractivity contribution in [1.29, 1.82) is 0 Å². The fourth-order valence-electron chi connectivity index (χ4n) is 2.71. The van der Waals surface area contributed by atoms with E-state index in [2.05, 4.69) is 0 Å². The highest BCUT2D eigenvalue weighted by Crippen LogP contribution is 2.23. The minimum absolute atomic E-state index is 0.0317. The van der Waals surface area contributed by atoms with Crippen LogP contribution >= 0.6 is 11.6 Å². The van der Waals surface area contributed by atoms with Crippen LogP contribution in [0.5, 0.6) is 5.75 Å². The summed E-state index contributed by atoms with van der Waals surface area (Å²) in [5, 5.41) is 0.650. The van der Waals surface area contributed by atoms with Gasteiger partial charge < -0.3 is 14.0 Å². The number of carbonyl (C=O) groups is 2. The lowest BCUT2D eigenvalue weighted by Gasteiger charge is -2.22. The zero-order valence-electron chi connectivity index (χ0n) is 15.1. The molecule has 2 aromatic carbocycles. The number of hydrogen-bond donors (Lipinski definition) is 0. The molecule has 1 aliphatic heterocycles. The van der Waals surface area contributed by atoms with Gasteiger partial charge in [-0.15, -0.1) is 0 Å². The normalized spacial score (nSPS) is 16.8. The molecule has 0 bridgehead atoms. The Bertz CT molecular complexity index is 809. The minimum atomic E-state index is -1.06. The van der Waals surface area contributed by atoms with Gasteiger partial charge in [0.25, 0.3) is 0 Å². The van der Waals surface area contributed by atoms with Crippen molar-refractivity contribution in [3.8, 4) is 5.75 Å². The summed E-state index contributed by atoms with van der Waals surface area (Å²) >= 11 is 6.01. The molecule has 2 aromatic rings. The molecule has 6 nitrogen and oxygen atoms in total. The van der Waals surface area contributed by atoms with Gasteiger partial charge in [-0.3, -0.25) is 14.5 Å². The van der Waals surface area contributed by atoms with Crippen molar-refractivity contribution in [3.63, 3.8) is 0 Å². The molecule has 0 N–H and O–H groups in total. The van der Waals surface area contributed by atoms with Crippen molar-refractivity contribution in [1.82, 2.24) is 4.90 Å². The standard InChI is InChI=1S/C19H19BClNO5/c1-13(14-4-3-5-16(21)10-14)25-17-8-6-15(7-9-17)20-26-18(23)11-22(2)12-19(24)27-20/h3-10,13H,11-12H2,1-2H3/t13-/m1/s1. The number of nitrogens with zero attached hydrogens (tertiary/aromatic N) is 1. The van der Waals surface area contributed by atoms with E-state index in [1.54, 1.807) is 31.3 Å². The Kier molecular flexibility index (Phi) is 6.03. The largest absolute Gasteiger partial charge is 0.636 e. The maximum absolute atomic E-state index is 11.8. The van der Waals surface area contributed by atoms with Gasteiger partial charge in [-0.2, -0.15) is 0 Å². The number of rotatable bonds is 4. The van der Waals surface area contributed by atoms with Gasteiger partial charge in [0.05, 0.1) is 13.1 Å². The molecule has 0 spiro atoms. The molecular weight excluding hydrogens is 368 g/mol. The maximum atomic E-state index is 11.8. The van der Waals surface area contributed by atoms with Gasteiger partial charge in [-0.1, -0.05) is 35.9 Å². The Morgan fingerprint density at radius 1 is 1.07 bits per heavy atom. The van der Waals surface area contributed by atoms with Gasteiger partial charge in [0, 0.05) is 10.5 Å². The molecule has 1 aliphatic rings. The van der Waals surface area contributed by atoms with E-state index in [9.17, 15) is 9.59 Å². The summed E-state index contributed by atoms with van der Waals surface area (Å²) in [5.41, 5.74) is 1.52. The lowest BCUT2D eigenvalue weighted by molar-refractivity contribution is -0.145. The molecule has 1 fully saturated rings. The quantitative estimate of drug-likeness (QED) is 0.750. The molecule has 27 heavy (non-hydrogen) atoms. The number of benzene rings is 2. The number of hydrogen-bond acceptors (Lipinski definition) is 6. The number of ether oxygens (including phenoxy) is 1. The summed E-state index contributed by atoms with van der Waals surface area (Å²) in [7, 11) is 0.592. The van der Waals surface area contributed by atoms with Crippen LogP contribution in [0.15, 0.2) is 48.5 Å². The van der Waals surface area contributed by atoms with Crippen LogP contribution < -0.4 is 10.2 Å². The van der Waals surface area contributed by atoms with Gasteiger partial charge in [0.15, 0.2) is 0 Å². The highest BCUT2D eigenvalue weighted by Gasteiger charge is 2.33. The molecule has 0 amide bonds. The van der Waals surface area contributed by atoms with E-state index in [1.165, 1.54) is 4.90 Å². The average Bonchev–Trinajstić information content (AvgIpc) is 2.60. The number of carbonyl (C=O) groups excluding carboxylic acids is 2. The monoisotopic (exact) mass is 387 g/mol. The molecule has 140 valence electrons. The summed E-state index contributed by atoms with van der Waals surface area (Å²) in [5.74, 6) is -0.274. The van der Waals surface area contributed by atoms with E-state index in [4.69, 9.17) is 25.6 Å². The molecule has 0 radical (unpaired) electrons. The first kappa shape index (κ1) is 19.3. The second kappa shape index (κ2) is 8.46. The predicted molar refractivity (Wildman–Crippen MR) is 102 cm³/mol. The summed E-state index contributed by atoms with van der Waals surface area (Å²) in [4.78, 5) is 25.2. The first-order chi connectivity index (χ1) is 12.9. The van der Waals surface area contributed by atoms with Crippen molar-refractivity contribution < 1.29 is 23.6 Å². The van der Waals surface area contributed by atoms with Crippen LogP contribution in [0.4, 0.5) is 0 Å². The smallest absolute Gasteiger partial charge is 0.494 e. The Morgan fingerprint density at radius 2 is 1.70 bits per heavy atom. The summed E-state index contributed by atoms with van der Waals surface area (Å²) < 4.78 is 16.4. The van der Waals surface area contributed by atoms with E-state index in [0.717, 1.165) is 5.56 Å². The Labute approximate surface area is 163 Å². The Hall–Kier alpha value is -2.51. The molecule has 1 saturated heterocycles. The summed E-state index contributed by atoms with van der Waals surface area (Å²) in [6.07, 6.45) is -0.192. The molecule has 3 rings (SSSR count). The lowest BCUT2D eigenvalue weighted by Crippen LogP contribution is -2.47. The van der Waals surface area contributed by atoms with Gasteiger partial charge in [-0.05, 0) is 43.8 Å². The summed E-state index contributed by atoms with van der Waals surface area (Å²) in [6.45, 7) is 1.99. The molecule has 1 atom stereocenters. The lowest BCUT2D eigenvalue weighted by atomic mass is 9.78. The van der Waals surface area contributed by atoms with Crippen LogP contribution in [-0.4, -0.2) is 44.1 Å². The zero-order chi connectivity index (χ0) is 19.4. The first-order valence-electron chi connectivity index (χ1n) is 8.50. The first-order valence-corrected chi connectivity index (χ1v) is 8.88. The molecular formula is C19H19BClNO5. The van der Waals surface area contributed by atoms with Crippen molar-refractivity contribution in [2.75, 3.05) is 20.1 Å². The molecule has 1 heterocycles. The topological polar surface area (TPSA) is 65.1 Å². The highest BCUT2D eigenvalue weighted by molar-refractivity contribution is 6.64. The van der Waals surface area contributed by atoms with Gasteiger partial charge >= 0.3 is 19.1 Å². The minimum Gasteiger partial charge on any atom is -0.494 e. The number of halogens is 1. The van der Waals surface area contributed by atoms with E-state index < -0.39 is 19.1 Å². The fourth-order valence-corrected chi connectivity index (χ4v) is 2.90. The van der Waals surface area contributed by atoms with Crippen molar-refractivity contribution in [2.24, 2.45) is 0 Å². The van der Waals surface area contributed by atoms with E-state index in [1.807, 2.05) is 31.2 Å². The molecule has 8 heteroatoms. The second-order valence-electron chi connectivity index (χ2n) is 6.37. The highest BCUT2D eigenvalue weighted by atomic mass is 35.5. The molecule has 0 saturated carbocycles. The predicted octanol–water partition coefficient (Wildman–Crippen LogP) is 2.21. The molecule has 0 unspecified atom stereocenters. The molecule has 0 aliphatic carbocycles. The van der Waals surface area contributed by atoms with Crippen LogP contribution in [-0.2, 0) is 18.9 Å². The van der Waals surface area contributed by atoms with Gasteiger partial charge in [0.1, 0.15) is 11.9 Å². The maximum Gasteiger partial charge on any atom is 0.636 e. The SMILES string of the molecule is C[C@@H](Oc1ccc(B2OC(=O)CN(C)CC(=O)O2)cc1)c1cccc(Cl)c1. The van der Waals surface area contributed by atoms with Crippen LogP contribution in [0.2, 0.25) is 5.02 Å². The Morgan fingerprint density at radius 3 is 2.30 bits per heavy atom. The van der Waals surface area contributed by atoms with Gasteiger partial charge in [0.2, 0.25) is 0 Å². The third kappa shape index (κ3) is 5.24. The van der Waals surface area contributed by atoms with Crippen LogP contribution in [0.25, 0.3) is 0 Å². The third-order valence-corrected chi connectivity index (χ3v) is 4.29. The molecule has 0 aromatic heterocycles. The van der Waals surface area contributed by atoms with E-state index in [0.29, 0.717) is 16.2 Å².